The summed E-state index contributed by atoms with van der Waals surface area (Å²) in [6, 6.07) is 7.69. The summed E-state index contributed by atoms with van der Waals surface area (Å²) in [5, 5.41) is 3.80. The topological polar surface area (TPSA) is 76.2 Å². The molecule has 2 aromatic rings. The van der Waals surface area contributed by atoms with Crippen molar-refractivity contribution in [2.45, 2.75) is 18.5 Å². The van der Waals surface area contributed by atoms with Gasteiger partial charge in [-0.25, -0.2) is 4.98 Å². The Bertz CT molecular complexity index is 793. The standard InChI is InChI=1S/C18H23N3O3S/c1-13-16(19-9-8-17(13)24-11-5-10-23-2)12-25(22)18-20-14-6-3-4-7-15(14)21-18/h3-4,6-8,19H,5,9-12H2,1-2H3,(H,20,21)/t25-/m1/s1. The number of nitrogens with zero attached hydrogens (tertiary/aromatic N) is 1. The number of methoxy groups -OCH3 is 1. The number of H-pyrrole nitrogens is 1. The number of allylic oxidation sites excluding steroid dienone is 1. The number of ether oxygens (including phenoxy) is 2. The van der Waals surface area contributed by atoms with E-state index in [1.54, 1.807) is 7.11 Å². The molecule has 0 saturated heterocycles. The maximum absolute atomic E-state index is 12.7. The second kappa shape index (κ2) is 8.31. The highest BCUT2D eigenvalue weighted by Gasteiger charge is 2.18. The minimum Gasteiger partial charge on any atom is -0.493 e. The molecule has 25 heavy (non-hydrogen) atoms. The van der Waals surface area contributed by atoms with E-state index in [1.165, 1.54) is 0 Å². The summed E-state index contributed by atoms with van der Waals surface area (Å²) >= 11 is 0. The van der Waals surface area contributed by atoms with Crippen molar-refractivity contribution >= 4 is 21.8 Å². The lowest BCUT2D eigenvalue weighted by Crippen LogP contribution is -2.25. The average molecular weight is 361 g/mol. The van der Waals surface area contributed by atoms with E-state index in [1.807, 2.05) is 37.3 Å². The third kappa shape index (κ3) is 4.29. The summed E-state index contributed by atoms with van der Waals surface area (Å²) < 4.78 is 23.6. The van der Waals surface area contributed by atoms with Crippen molar-refractivity contribution in [2.75, 3.05) is 32.6 Å². The second-order valence-corrected chi connectivity index (χ2v) is 7.16. The Morgan fingerprint density at radius 2 is 2.12 bits per heavy atom. The van der Waals surface area contributed by atoms with Gasteiger partial charge in [-0.05, 0) is 25.1 Å². The predicted molar refractivity (Wildman–Crippen MR) is 98.6 cm³/mol. The van der Waals surface area contributed by atoms with Crippen LogP contribution < -0.4 is 5.32 Å². The van der Waals surface area contributed by atoms with E-state index in [2.05, 4.69) is 15.3 Å². The molecule has 2 N–H and O–H groups in total. The van der Waals surface area contributed by atoms with Crippen molar-refractivity contribution in [2.24, 2.45) is 0 Å². The third-order valence-electron chi connectivity index (χ3n) is 4.03. The van der Waals surface area contributed by atoms with E-state index in [0.717, 1.165) is 34.5 Å². The van der Waals surface area contributed by atoms with Crippen molar-refractivity contribution in [1.29, 1.82) is 0 Å². The van der Waals surface area contributed by atoms with Crippen molar-refractivity contribution in [3.63, 3.8) is 0 Å². The summed E-state index contributed by atoms with van der Waals surface area (Å²) in [4.78, 5) is 7.56. The molecule has 0 bridgehead atoms. The molecule has 0 saturated carbocycles. The molecule has 1 aliphatic rings. The van der Waals surface area contributed by atoms with Gasteiger partial charge < -0.3 is 19.8 Å². The van der Waals surface area contributed by atoms with Gasteiger partial charge in [0.1, 0.15) is 5.76 Å². The van der Waals surface area contributed by atoms with Crippen LogP contribution in [0.5, 0.6) is 0 Å². The Morgan fingerprint density at radius 3 is 2.92 bits per heavy atom. The second-order valence-electron chi connectivity index (χ2n) is 5.80. The van der Waals surface area contributed by atoms with Gasteiger partial charge in [0, 0.05) is 38.0 Å². The summed E-state index contributed by atoms with van der Waals surface area (Å²) in [5.74, 6) is 1.23. The molecule has 1 aliphatic heterocycles. The maximum Gasteiger partial charge on any atom is 0.197 e. The van der Waals surface area contributed by atoms with Gasteiger partial charge in [0.2, 0.25) is 0 Å². The monoisotopic (exact) mass is 361 g/mol. The first-order chi connectivity index (χ1) is 12.2. The molecule has 0 fully saturated rings. The molecular formula is C18H23N3O3S. The van der Waals surface area contributed by atoms with Gasteiger partial charge in [-0.2, -0.15) is 0 Å². The number of para-hydroxylation sites is 2. The molecule has 0 amide bonds. The molecule has 1 aromatic carbocycles. The van der Waals surface area contributed by atoms with E-state index in [9.17, 15) is 4.21 Å². The summed E-state index contributed by atoms with van der Waals surface area (Å²) in [6.45, 7) is 3.94. The van der Waals surface area contributed by atoms with E-state index in [4.69, 9.17) is 9.47 Å². The molecule has 3 rings (SSSR count). The SMILES string of the molecule is COCCCOC1=CCNC(C[S@@](=O)c2nc3ccccc3[nH]2)=C1C. The van der Waals surface area contributed by atoms with E-state index in [0.29, 0.717) is 30.7 Å². The Labute approximate surface area is 149 Å². The first-order valence-corrected chi connectivity index (χ1v) is 9.60. The number of dihydropyridines is 1. The number of hydrogen-bond donors (Lipinski definition) is 2. The molecule has 0 radical (unpaired) electrons. The van der Waals surface area contributed by atoms with Crippen molar-refractivity contribution in [3.05, 3.63) is 47.4 Å². The number of fused-ring (bicyclic) bond motifs is 1. The van der Waals surface area contributed by atoms with Crippen LogP contribution >= 0.6 is 0 Å². The quantitative estimate of drug-likeness (QED) is 0.707. The van der Waals surface area contributed by atoms with Gasteiger partial charge in [-0.1, -0.05) is 12.1 Å². The lowest BCUT2D eigenvalue weighted by atomic mass is 10.1. The fourth-order valence-corrected chi connectivity index (χ4v) is 3.79. The van der Waals surface area contributed by atoms with Crippen LogP contribution in [-0.2, 0) is 20.3 Å². The molecule has 0 unspecified atom stereocenters. The number of aromatic nitrogens is 2. The zero-order valence-corrected chi connectivity index (χ0v) is 15.3. The molecular weight excluding hydrogens is 338 g/mol. The Balaban J connectivity index is 1.68. The largest absolute Gasteiger partial charge is 0.493 e. The number of aromatic amines is 1. The first kappa shape index (κ1) is 17.7. The fourth-order valence-electron chi connectivity index (χ4n) is 2.65. The minimum atomic E-state index is -1.25. The van der Waals surface area contributed by atoms with Crippen LogP contribution in [0, 0.1) is 0 Å². The molecule has 6 nitrogen and oxygen atoms in total. The summed E-state index contributed by atoms with van der Waals surface area (Å²) in [6.07, 6.45) is 2.85. The third-order valence-corrected chi connectivity index (χ3v) is 5.21. The fraction of sp³-hybridized carbons (Fsp3) is 0.389. The summed E-state index contributed by atoms with van der Waals surface area (Å²) in [5.41, 5.74) is 3.65. The minimum absolute atomic E-state index is 0.379. The van der Waals surface area contributed by atoms with Gasteiger partial charge in [-0.3, -0.25) is 4.21 Å². The lowest BCUT2D eigenvalue weighted by Gasteiger charge is -2.21. The number of nitrogens with one attached hydrogen (secondary N) is 2. The molecule has 134 valence electrons. The van der Waals surface area contributed by atoms with Crippen LogP contribution in [-0.4, -0.2) is 46.8 Å². The smallest absolute Gasteiger partial charge is 0.197 e. The Morgan fingerprint density at radius 1 is 1.28 bits per heavy atom. The Hall–Kier alpha value is -2.12. The number of rotatable bonds is 8. The molecule has 0 aliphatic carbocycles. The van der Waals surface area contributed by atoms with Crippen molar-refractivity contribution in [3.8, 4) is 0 Å². The van der Waals surface area contributed by atoms with Crippen LogP contribution in [0.2, 0.25) is 0 Å². The summed E-state index contributed by atoms with van der Waals surface area (Å²) in [7, 11) is 0.433. The average Bonchev–Trinajstić information content (AvgIpc) is 3.06. The molecule has 1 atom stereocenters. The highest BCUT2D eigenvalue weighted by Crippen LogP contribution is 2.20. The zero-order chi connectivity index (χ0) is 17.6. The van der Waals surface area contributed by atoms with Gasteiger partial charge in [0.05, 0.1) is 34.2 Å². The Kier molecular flexibility index (Phi) is 5.88. The molecule has 2 heterocycles. The van der Waals surface area contributed by atoms with Crippen LogP contribution in [0.1, 0.15) is 13.3 Å². The molecule has 7 heteroatoms. The van der Waals surface area contributed by atoms with Gasteiger partial charge >= 0.3 is 0 Å². The van der Waals surface area contributed by atoms with Crippen LogP contribution in [0.4, 0.5) is 0 Å². The highest BCUT2D eigenvalue weighted by molar-refractivity contribution is 7.85. The lowest BCUT2D eigenvalue weighted by molar-refractivity contribution is 0.147. The van der Waals surface area contributed by atoms with E-state index in [-0.39, 0.29) is 0 Å². The number of benzene rings is 1. The number of imidazole rings is 1. The van der Waals surface area contributed by atoms with Crippen LogP contribution in [0.3, 0.4) is 0 Å². The van der Waals surface area contributed by atoms with Crippen LogP contribution in [0.25, 0.3) is 11.0 Å². The van der Waals surface area contributed by atoms with Gasteiger partial charge in [0.15, 0.2) is 5.16 Å². The normalized spacial score (nSPS) is 15.8. The van der Waals surface area contributed by atoms with Gasteiger partial charge in [-0.15, -0.1) is 0 Å². The van der Waals surface area contributed by atoms with Gasteiger partial charge in [0.25, 0.3) is 0 Å². The van der Waals surface area contributed by atoms with E-state index >= 15 is 0 Å². The highest BCUT2D eigenvalue weighted by atomic mass is 32.2. The maximum atomic E-state index is 12.7. The van der Waals surface area contributed by atoms with E-state index < -0.39 is 10.8 Å². The molecule has 0 spiro atoms. The van der Waals surface area contributed by atoms with Crippen molar-refractivity contribution < 1.29 is 13.7 Å². The zero-order valence-electron chi connectivity index (χ0n) is 14.5. The molecule has 1 aromatic heterocycles. The predicted octanol–water partition coefficient (Wildman–Crippen LogP) is 2.48. The van der Waals surface area contributed by atoms with Crippen molar-refractivity contribution in [1.82, 2.24) is 15.3 Å². The van der Waals surface area contributed by atoms with Crippen LogP contribution in [0.15, 0.2) is 52.5 Å². The number of hydrogen-bond acceptors (Lipinski definition) is 5. The first-order valence-electron chi connectivity index (χ1n) is 8.28.